The number of amides is 2. The molecule has 0 aliphatic carbocycles. The molecule has 1 aromatic heterocycles. The van der Waals surface area contributed by atoms with Crippen LogP contribution in [0.1, 0.15) is 26.3 Å². The van der Waals surface area contributed by atoms with Gasteiger partial charge in [0.2, 0.25) is 0 Å². The molecule has 0 unspecified atom stereocenters. The number of imide groups is 1. The SMILES string of the molecule is Cc1cc2c(Br)cnc(N(C(=O)O)C(=O)OC(C)(C)C)c2cc1Cl. The van der Waals surface area contributed by atoms with Crippen molar-refractivity contribution in [1.29, 1.82) is 0 Å². The third kappa shape index (κ3) is 3.79. The third-order valence-corrected chi connectivity index (χ3v) is 4.12. The normalized spacial score (nSPS) is 11.4. The van der Waals surface area contributed by atoms with Gasteiger partial charge in [-0.05, 0) is 61.3 Å². The van der Waals surface area contributed by atoms with Gasteiger partial charge in [-0.15, -0.1) is 0 Å². The summed E-state index contributed by atoms with van der Waals surface area (Å²) in [4.78, 5) is 28.5. The molecule has 0 aliphatic rings. The Morgan fingerprint density at radius 2 is 1.92 bits per heavy atom. The average molecular weight is 416 g/mol. The van der Waals surface area contributed by atoms with Crippen molar-refractivity contribution in [2.75, 3.05) is 4.90 Å². The number of ether oxygens (including phenoxy) is 1. The van der Waals surface area contributed by atoms with E-state index in [0.717, 1.165) is 5.56 Å². The highest BCUT2D eigenvalue weighted by Gasteiger charge is 2.31. The van der Waals surface area contributed by atoms with Crippen LogP contribution in [-0.2, 0) is 4.74 Å². The van der Waals surface area contributed by atoms with E-state index >= 15 is 0 Å². The molecule has 0 radical (unpaired) electrons. The summed E-state index contributed by atoms with van der Waals surface area (Å²) in [6.07, 6.45) is -1.08. The molecule has 0 saturated carbocycles. The van der Waals surface area contributed by atoms with Gasteiger partial charge in [0.1, 0.15) is 5.60 Å². The molecule has 0 atom stereocenters. The van der Waals surface area contributed by atoms with Crippen LogP contribution in [0.25, 0.3) is 10.8 Å². The molecule has 0 aliphatic heterocycles. The average Bonchev–Trinajstić information content (AvgIpc) is 2.41. The lowest BCUT2D eigenvalue weighted by atomic mass is 10.1. The van der Waals surface area contributed by atoms with Crippen LogP contribution in [-0.4, -0.2) is 27.9 Å². The Morgan fingerprint density at radius 3 is 2.46 bits per heavy atom. The van der Waals surface area contributed by atoms with Crippen LogP contribution < -0.4 is 4.90 Å². The summed E-state index contributed by atoms with van der Waals surface area (Å²) in [5, 5.41) is 11.0. The van der Waals surface area contributed by atoms with E-state index in [4.69, 9.17) is 16.3 Å². The number of pyridine rings is 1. The molecule has 2 aromatic rings. The number of nitrogens with zero attached hydrogens (tertiary/aromatic N) is 2. The van der Waals surface area contributed by atoms with Crippen molar-refractivity contribution in [2.24, 2.45) is 0 Å². The minimum atomic E-state index is -1.49. The molecule has 0 spiro atoms. The second kappa shape index (κ2) is 6.57. The highest BCUT2D eigenvalue weighted by molar-refractivity contribution is 9.10. The molecule has 1 N–H and O–H groups in total. The zero-order valence-electron chi connectivity index (χ0n) is 13.6. The van der Waals surface area contributed by atoms with Gasteiger partial charge in [-0.3, -0.25) is 0 Å². The van der Waals surface area contributed by atoms with E-state index in [0.29, 0.717) is 25.2 Å². The lowest BCUT2D eigenvalue weighted by Crippen LogP contribution is -2.40. The molecule has 0 fully saturated rings. The van der Waals surface area contributed by atoms with Crippen LogP contribution in [0.4, 0.5) is 15.4 Å². The Bertz CT molecular complexity index is 833. The minimum Gasteiger partial charge on any atom is -0.464 e. The van der Waals surface area contributed by atoms with Crippen molar-refractivity contribution in [3.05, 3.63) is 33.4 Å². The standard InChI is InChI=1S/C16H16BrClN2O4/c1-8-5-9-10(6-12(8)18)13(19-7-11(9)17)20(14(21)22)15(23)24-16(2,3)4/h5-7H,1-4H3,(H,21,22). The number of hydrogen-bond acceptors (Lipinski definition) is 4. The monoisotopic (exact) mass is 414 g/mol. The Morgan fingerprint density at radius 1 is 1.29 bits per heavy atom. The number of carbonyl (C=O) groups excluding carboxylic acids is 1. The second-order valence-corrected chi connectivity index (χ2v) is 7.44. The topological polar surface area (TPSA) is 79.7 Å². The highest BCUT2D eigenvalue weighted by Crippen LogP contribution is 2.34. The largest absolute Gasteiger partial charge is 0.464 e. The van der Waals surface area contributed by atoms with Gasteiger partial charge in [-0.1, -0.05) is 11.6 Å². The summed E-state index contributed by atoms with van der Waals surface area (Å²) in [6, 6.07) is 3.38. The number of fused-ring (bicyclic) bond motifs is 1. The molecular formula is C16H16BrClN2O4. The van der Waals surface area contributed by atoms with E-state index in [-0.39, 0.29) is 5.82 Å². The molecule has 1 aromatic carbocycles. The first-order chi connectivity index (χ1) is 11.0. The number of carbonyl (C=O) groups is 2. The number of halogens is 2. The molecule has 24 heavy (non-hydrogen) atoms. The van der Waals surface area contributed by atoms with E-state index in [9.17, 15) is 14.7 Å². The summed E-state index contributed by atoms with van der Waals surface area (Å²) in [6.45, 7) is 6.78. The molecule has 0 bridgehead atoms. The van der Waals surface area contributed by atoms with Crippen LogP contribution in [0.15, 0.2) is 22.8 Å². The third-order valence-electron chi connectivity index (χ3n) is 3.08. The second-order valence-electron chi connectivity index (χ2n) is 6.18. The maximum Gasteiger partial charge on any atom is 0.425 e. The number of hydrogen-bond donors (Lipinski definition) is 1. The molecule has 128 valence electrons. The van der Waals surface area contributed by atoms with E-state index in [1.165, 1.54) is 6.20 Å². The Hall–Kier alpha value is -1.86. The van der Waals surface area contributed by atoms with Gasteiger partial charge in [0.25, 0.3) is 0 Å². The first kappa shape index (κ1) is 18.5. The van der Waals surface area contributed by atoms with Gasteiger partial charge >= 0.3 is 12.2 Å². The van der Waals surface area contributed by atoms with Crippen molar-refractivity contribution in [1.82, 2.24) is 4.98 Å². The number of benzene rings is 1. The Labute approximate surface area is 152 Å². The maximum atomic E-state index is 12.3. The van der Waals surface area contributed by atoms with Crippen molar-refractivity contribution >= 4 is 56.3 Å². The van der Waals surface area contributed by atoms with Crippen LogP contribution in [0.2, 0.25) is 5.02 Å². The van der Waals surface area contributed by atoms with Gasteiger partial charge in [-0.25, -0.2) is 14.6 Å². The summed E-state index contributed by atoms with van der Waals surface area (Å²) in [7, 11) is 0. The summed E-state index contributed by atoms with van der Waals surface area (Å²) in [5.74, 6) is -0.0585. The number of anilines is 1. The van der Waals surface area contributed by atoms with E-state index < -0.39 is 17.8 Å². The highest BCUT2D eigenvalue weighted by atomic mass is 79.9. The number of aromatic nitrogens is 1. The first-order valence-corrected chi connectivity index (χ1v) is 8.19. The number of aryl methyl sites for hydroxylation is 1. The fourth-order valence-electron chi connectivity index (χ4n) is 2.06. The van der Waals surface area contributed by atoms with Gasteiger partial charge in [0, 0.05) is 26.5 Å². The molecule has 8 heteroatoms. The fraction of sp³-hybridized carbons (Fsp3) is 0.312. The molecule has 2 amide bonds. The van der Waals surface area contributed by atoms with E-state index in [1.807, 2.05) is 6.92 Å². The van der Waals surface area contributed by atoms with Crippen molar-refractivity contribution in [2.45, 2.75) is 33.3 Å². The van der Waals surface area contributed by atoms with Crippen LogP contribution in [0, 0.1) is 6.92 Å². The van der Waals surface area contributed by atoms with Crippen LogP contribution in [0.5, 0.6) is 0 Å². The zero-order chi connectivity index (χ0) is 18.2. The zero-order valence-corrected chi connectivity index (χ0v) is 15.9. The van der Waals surface area contributed by atoms with E-state index in [1.54, 1.807) is 32.9 Å². The molecule has 2 rings (SSSR count). The molecule has 6 nitrogen and oxygen atoms in total. The lowest BCUT2D eigenvalue weighted by molar-refractivity contribution is 0.0581. The summed E-state index contributed by atoms with van der Waals surface area (Å²) in [5.41, 5.74) is -0.0226. The fourth-order valence-corrected chi connectivity index (χ4v) is 2.66. The lowest BCUT2D eigenvalue weighted by Gasteiger charge is -2.24. The quantitative estimate of drug-likeness (QED) is 0.676. The van der Waals surface area contributed by atoms with E-state index in [2.05, 4.69) is 20.9 Å². The van der Waals surface area contributed by atoms with Crippen molar-refractivity contribution < 1.29 is 19.4 Å². The smallest absolute Gasteiger partial charge is 0.425 e. The van der Waals surface area contributed by atoms with Crippen molar-refractivity contribution in [3.63, 3.8) is 0 Å². The molecular weight excluding hydrogens is 400 g/mol. The minimum absolute atomic E-state index is 0.0585. The number of rotatable bonds is 1. The summed E-state index contributed by atoms with van der Waals surface area (Å²) >= 11 is 9.53. The van der Waals surface area contributed by atoms with Gasteiger partial charge in [0.15, 0.2) is 5.82 Å². The van der Waals surface area contributed by atoms with Gasteiger partial charge in [0.05, 0.1) is 0 Å². The Balaban J connectivity index is 2.67. The first-order valence-electron chi connectivity index (χ1n) is 7.01. The predicted molar refractivity (Wildman–Crippen MR) is 95.9 cm³/mol. The summed E-state index contributed by atoms with van der Waals surface area (Å²) < 4.78 is 5.83. The molecule has 1 heterocycles. The predicted octanol–water partition coefficient (Wildman–Crippen LogP) is 5.38. The van der Waals surface area contributed by atoms with Crippen LogP contribution >= 0.6 is 27.5 Å². The van der Waals surface area contributed by atoms with Gasteiger partial charge < -0.3 is 9.84 Å². The van der Waals surface area contributed by atoms with Crippen LogP contribution in [0.3, 0.4) is 0 Å². The molecule has 0 saturated heterocycles. The maximum absolute atomic E-state index is 12.3. The Kier molecular flexibility index (Phi) is 5.05. The van der Waals surface area contributed by atoms with Gasteiger partial charge in [-0.2, -0.15) is 4.90 Å². The van der Waals surface area contributed by atoms with Crippen molar-refractivity contribution in [3.8, 4) is 0 Å². The number of carboxylic acid groups (broad SMARTS) is 1.